The van der Waals surface area contributed by atoms with Gasteiger partial charge < -0.3 is 19.5 Å². The Morgan fingerprint density at radius 2 is 1.57 bits per heavy atom. The molecule has 1 aliphatic carbocycles. The lowest BCUT2D eigenvalue weighted by atomic mass is 10.0. The van der Waals surface area contributed by atoms with E-state index >= 15 is 0 Å². The van der Waals surface area contributed by atoms with Gasteiger partial charge in [-0.2, -0.15) is 0 Å². The van der Waals surface area contributed by atoms with Crippen molar-refractivity contribution in [2.75, 3.05) is 26.6 Å². The molecular formula is C17H27NO3. The number of hydrogen-bond acceptors (Lipinski definition) is 4. The summed E-state index contributed by atoms with van der Waals surface area (Å²) in [5, 5.41) is 3.63. The largest absolute Gasteiger partial charge is 0.493 e. The van der Waals surface area contributed by atoms with E-state index in [9.17, 15) is 0 Å². The van der Waals surface area contributed by atoms with Gasteiger partial charge in [-0.15, -0.1) is 0 Å². The van der Waals surface area contributed by atoms with E-state index in [4.69, 9.17) is 14.2 Å². The predicted octanol–water partition coefficient (Wildman–Crippen LogP) is 4.09. The van der Waals surface area contributed by atoms with Crippen molar-refractivity contribution >= 4 is 5.69 Å². The Hall–Kier alpha value is -1.58. The van der Waals surface area contributed by atoms with Crippen LogP contribution >= 0.6 is 0 Å². The Balaban J connectivity index is 2.15. The Morgan fingerprint density at radius 3 is 2.14 bits per heavy atom. The zero-order valence-electron chi connectivity index (χ0n) is 13.6. The smallest absolute Gasteiger partial charge is 0.203 e. The van der Waals surface area contributed by atoms with Gasteiger partial charge in [0.15, 0.2) is 11.5 Å². The third kappa shape index (κ3) is 3.96. The van der Waals surface area contributed by atoms with Gasteiger partial charge in [-0.05, 0) is 25.2 Å². The minimum absolute atomic E-state index is 0.526. The van der Waals surface area contributed by atoms with Crippen molar-refractivity contribution in [2.45, 2.75) is 45.1 Å². The van der Waals surface area contributed by atoms with E-state index < -0.39 is 0 Å². The van der Waals surface area contributed by atoms with Gasteiger partial charge in [0.2, 0.25) is 5.75 Å². The molecule has 1 saturated carbocycles. The van der Waals surface area contributed by atoms with Crippen LogP contribution in [-0.4, -0.2) is 27.4 Å². The molecule has 1 aromatic carbocycles. The molecule has 0 saturated heterocycles. The van der Waals surface area contributed by atoms with Crippen LogP contribution in [-0.2, 0) is 0 Å². The van der Waals surface area contributed by atoms with Crippen molar-refractivity contribution in [3.63, 3.8) is 0 Å². The maximum atomic E-state index is 5.41. The molecule has 1 fully saturated rings. The first-order valence-corrected chi connectivity index (χ1v) is 7.74. The molecule has 4 heteroatoms. The molecule has 2 unspecified atom stereocenters. The minimum atomic E-state index is 0.526. The summed E-state index contributed by atoms with van der Waals surface area (Å²) in [4.78, 5) is 0. The van der Waals surface area contributed by atoms with Crippen LogP contribution < -0.4 is 19.5 Å². The van der Waals surface area contributed by atoms with Crippen molar-refractivity contribution < 1.29 is 14.2 Å². The van der Waals surface area contributed by atoms with Crippen LogP contribution in [0.1, 0.15) is 39.0 Å². The van der Waals surface area contributed by atoms with Crippen LogP contribution in [0.2, 0.25) is 0 Å². The van der Waals surface area contributed by atoms with Gasteiger partial charge in [0.25, 0.3) is 0 Å². The molecule has 4 nitrogen and oxygen atoms in total. The maximum absolute atomic E-state index is 5.41. The first-order valence-electron chi connectivity index (χ1n) is 7.74. The molecule has 1 N–H and O–H groups in total. The lowest BCUT2D eigenvalue weighted by molar-refractivity contribution is 0.324. The van der Waals surface area contributed by atoms with Gasteiger partial charge in [-0.25, -0.2) is 0 Å². The van der Waals surface area contributed by atoms with E-state index in [1.165, 1.54) is 32.1 Å². The van der Waals surface area contributed by atoms with Gasteiger partial charge in [0.05, 0.1) is 21.3 Å². The highest BCUT2D eigenvalue weighted by Crippen LogP contribution is 2.40. The Labute approximate surface area is 127 Å². The third-order valence-corrected chi connectivity index (χ3v) is 4.29. The van der Waals surface area contributed by atoms with Gasteiger partial charge in [-0.3, -0.25) is 0 Å². The average Bonchev–Trinajstić information content (AvgIpc) is 2.70. The summed E-state index contributed by atoms with van der Waals surface area (Å²) < 4.78 is 16.2. The number of anilines is 1. The lowest BCUT2D eigenvalue weighted by Gasteiger charge is -2.20. The Morgan fingerprint density at radius 1 is 0.905 bits per heavy atom. The SMILES string of the molecule is COc1cc(NC2CCCC(C)CC2)cc(OC)c1OC. The fraction of sp³-hybridized carbons (Fsp3) is 0.647. The Bertz CT molecular complexity index is 436. The van der Waals surface area contributed by atoms with E-state index in [0.717, 1.165) is 11.6 Å². The van der Waals surface area contributed by atoms with Gasteiger partial charge >= 0.3 is 0 Å². The number of hydrogen-bond donors (Lipinski definition) is 1. The number of ether oxygens (including phenoxy) is 3. The van der Waals surface area contributed by atoms with Gasteiger partial charge in [-0.1, -0.05) is 19.8 Å². The molecule has 0 heterocycles. The summed E-state index contributed by atoms with van der Waals surface area (Å²) in [6.45, 7) is 2.35. The third-order valence-electron chi connectivity index (χ3n) is 4.29. The highest BCUT2D eigenvalue weighted by molar-refractivity contribution is 5.62. The number of benzene rings is 1. The highest BCUT2D eigenvalue weighted by Gasteiger charge is 2.18. The maximum Gasteiger partial charge on any atom is 0.203 e. The van der Waals surface area contributed by atoms with Crippen LogP contribution in [0.4, 0.5) is 5.69 Å². The van der Waals surface area contributed by atoms with Crippen LogP contribution in [0, 0.1) is 5.92 Å². The normalized spacial score (nSPS) is 22.3. The zero-order valence-corrected chi connectivity index (χ0v) is 13.6. The molecule has 0 aromatic heterocycles. The van der Waals surface area contributed by atoms with E-state index in [2.05, 4.69) is 12.2 Å². The molecule has 1 aliphatic rings. The first-order chi connectivity index (χ1) is 10.2. The second-order valence-electron chi connectivity index (χ2n) is 5.87. The second kappa shape index (κ2) is 7.43. The molecule has 0 spiro atoms. The molecule has 0 bridgehead atoms. The molecule has 118 valence electrons. The van der Waals surface area contributed by atoms with Crippen LogP contribution in [0.5, 0.6) is 17.2 Å². The van der Waals surface area contributed by atoms with Crippen LogP contribution in [0.3, 0.4) is 0 Å². The lowest BCUT2D eigenvalue weighted by Crippen LogP contribution is -2.18. The Kier molecular flexibility index (Phi) is 5.59. The zero-order chi connectivity index (χ0) is 15.2. The summed E-state index contributed by atoms with van der Waals surface area (Å²) in [5.41, 5.74) is 1.03. The van der Waals surface area contributed by atoms with Gasteiger partial charge in [0.1, 0.15) is 0 Å². The summed E-state index contributed by atoms with van der Waals surface area (Å²) in [6, 6.07) is 4.49. The molecule has 1 aromatic rings. The van der Waals surface area contributed by atoms with Crippen molar-refractivity contribution in [2.24, 2.45) is 5.92 Å². The fourth-order valence-corrected chi connectivity index (χ4v) is 3.03. The van der Waals surface area contributed by atoms with Crippen molar-refractivity contribution in [1.82, 2.24) is 0 Å². The van der Waals surface area contributed by atoms with Crippen molar-refractivity contribution in [3.8, 4) is 17.2 Å². The topological polar surface area (TPSA) is 39.7 Å². The van der Waals surface area contributed by atoms with Gasteiger partial charge in [0, 0.05) is 23.9 Å². The van der Waals surface area contributed by atoms with Crippen LogP contribution in [0.25, 0.3) is 0 Å². The van der Waals surface area contributed by atoms with Crippen molar-refractivity contribution in [3.05, 3.63) is 12.1 Å². The number of nitrogens with one attached hydrogen (secondary N) is 1. The highest BCUT2D eigenvalue weighted by atomic mass is 16.5. The minimum Gasteiger partial charge on any atom is -0.493 e. The number of methoxy groups -OCH3 is 3. The fourth-order valence-electron chi connectivity index (χ4n) is 3.03. The molecule has 2 rings (SSSR count). The van der Waals surface area contributed by atoms with E-state index in [-0.39, 0.29) is 0 Å². The average molecular weight is 293 g/mol. The van der Waals surface area contributed by atoms with E-state index in [0.29, 0.717) is 23.3 Å². The van der Waals surface area contributed by atoms with E-state index in [1.54, 1.807) is 21.3 Å². The summed E-state index contributed by atoms with van der Waals surface area (Å²) in [5.74, 6) is 2.87. The van der Waals surface area contributed by atoms with Crippen LogP contribution in [0.15, 0.2) is 12.1 Å². The number of rotatable bonds is 5. The molecule has 0 amide bonds. The second-order valence-corrected chi connectivity index (χ2v) is 5.87. The molecule has 0 aliphatic heterocycles. The van der Waals surface area contributed by atoms with Crippen molar-refractivity contribution in [1.29, 1.82) is 0 Å². The summed E-state index contributed by atoms with van der Waals surface area (Å²) >= 11 is 0. The quantitative estimate of drug-likeness (QED) is 0.830. The molecular weight excluding hydrogens is 266 g/mol. The molecule has 0 radical (unpaired) electrons. The first kappa shape index (κ1) is 15.8. The predicted molar refractivity (Wildman–Crippen MR) is 85.8 cm³/mol. The summed E-state index contributed by atoms with van der Waals surface area (Å²) in [7, 11) is 4.92. The molecule has 21 heavy (non-hydrogen) atoms. The standard InChI is InChI=1S/C17H27NO3/c1-12-6-5-7-13(9-8-12)18-14-10-15(19-2)17(21-4)16(11-14)20-3/h10-13,18H,5-9H2,1-4H3. The van der Waals surface area contributed by atoms with E-state index in [1.807, 2.05) is 12.1 Å². The monoisotopic (exact) mass is 293 g/mol. The molecule has 2 atom stereocenters. The summed E-state index contributed by atoms with van der Waals surface area (Å²) in [6.07, 6.45) is 6.37.